The van der Waals surface area contributed by atoms with Crippen molar-refractivity contribution in [1.82, 2.24) is 4.31 Å². The number of sulfonamides is 1. The number of nitrogens with zero attached hydrogens (tertiary/aromatic N) is 1. The maximum absolute atomic E-state index is 12.1. The predicted octanol–water partition coefficient (Wildman–Crippen LogP) is 1.54. The molecule has 0 spiro atoms. The van der Waals surface area contributed by atoms with E-state index in [4.69, 9.17) is 4.74 Å². The lowest BCUT2D eigenvalue weighted by Gasteiger charge is -2.19. The highest BCUT2D eigenvalue weighted by molar-refractivity contribution is 7.88. The van der Waals surface area contributed by atoms with Crippen molar-refractivity contribution in [2.45, 2.75) is 20.3 Å². The van der Waals surface area contributed by atoms with Gasteiger partial charge in [0.25, 0.3) is 0 Å². The molecule has 0 saturated carbocycles. The Hall–Kier alpha value is -1.44. The Bertz CT molecular complexity index is 614. The zero-order valence-corrected chi connectivity index (χ0v) is 14.4. The van der Waals surface area contributed by atoms with E-state index in [2.05, 4.69) is 5.32 Å². The van der Waals surface area contributed by atoms with Gasteiger partial charge in [-0.3, -0.25) is 4.79 Å². The Kier molecular flexibility index (Phi) is 6.99. The lowest BCUT2D eigenvalue weighted by molar-refractivity contribution is -0.116. The van der Waals surface area contributed by atoms with Gasteiger partial charge in [0.2, 0.25) is 15.9 Å². The van der Waals surface area contributed by atoms with Crippen molar-refractivity contribution in [3.63, 3.8) is 0 Å². The van der Waals surface area contributed by atoms with E-state index in [1.54, 1.807) is 13.2 Å². The largest absolute Gasteiger partial charge is 0.385 e. The van der Waals surface area contributed by atoms with E-state index in [9.17, 15) is 13.2 Å². The molecule has 7 heteroatoms. The Morgan fingerprint density at radius 1 is 1.32 bits per heavy atom. The summed E-state index contributed by atoms with van der Waals surface area (Å²) < 4.78 is 29.6. The SMILES string of the molecule is COCCCN(CC(=O)Nc1cccc(C)c1C)S(C)(=O)=O. The summed E-state index contributed by atoms with van der Waals surface area (Å²) in [5.41, 5.74) is 2.74. The highest BCUT2D eigenvalue weighted by atomic mass is 32.2. The second kappa shape index (κ2) is 8.26. The Morgan fingerprint density at radius 2 is 2.00 bits per heavy atom. The molecule has 0 aromatic heterocycles. The Morgan fingerprint density at radius 3 is 2.59 bits per heavy atom. The van der Waals surface area contributed by atoms with Crippen LogP contribution in [0.3, 0.4) is 0 Å². The summed E-state index contributed by atoms with van der Waals surface area (Å²) in [6.07, 6.45) is 1.64. The number of methoxy groups -OCH3 is 1. The third-order valence-electron chi connectivity index (χ3n) is 3.42. The van der Waals surface area contributed by atoms with Crippen LogP contribution in [0.4, 0.5) is 5.69 Å². The molecular weight excluding hydrogens is 304 g/mol. The van der Waals surface area contributed by atoms with Gasteiger partial charge in [0, 0.05) is 25.9 Å². The zero-order valence-electron chi connectivity index (χ0n) is 13.5. The van der Waals surface area contributed by atoms with Crippen LogP contribution in [0, 0.1) is 13.8 Å². The molecule has 0 heterocycles. The minimum atomic E-state index is -3.43. The van der Waals surface area contributed by atoms with E-state index in [1.165, 1.54) is 0 Å². The highest BCUT2D eigenvalue weighted by Crippen LogP contribution is 2.18. The van der Waals surface area contributed by atoms with E-state index < -0.39 is 10.0 Å². The number of amides is 1. The predicted molar refractivity (Wildman–Crippen MR) is 87.5 cm³/mol. The van der Waals surface area contributed by atoms with Crippen molar-refractivity contribution < 1.29 is 17.9 Å². The minimum Gasteiger partial charge on any atom is -0.385 e. The van der Waals surface area contributed by atoms with E-state index in [1.807, 2.05) is 26.0 Å². The first-order chi connectivity index (χ1) is 10.3. The molecule has 0 aliphatic rings. The molecule has 0 aliphatic heterocycles. The van der Waals surface area contributed by atoms with Gasteiger partial charge in [0.15, 0.2) is 0 Å². The molecule has 1 amide bonds. The second-order valence-corrected chi connectivity index (χ2v) is 7.22. The van der Waals surface area contributed by atoms with Gasteiger partial charge in [-0.2, -0.15) is 4.31 Å². The molecule has 1 N–H and O–H groups in total. The van der Waals surface area contributed by atoms with Gasteiger partial charge >= 0.3 is 0 Å². The quantitative estimate of drug-likeness (QED) is 0.735. The summed E-state index contributed by atoms with van der Waals surface area (Å²) in [6, 6.07) is 5.61. The van der Waals surface area contributed by atoms with Gasteiger partial charge in [0.1, 0.15) is 0 Å². The average Bonchev–Trinajstić information content (AvgIpc) is 2.42. The summed E-state index contributed by atoms with van der Waals surface area (Å²) in [5, 5.41) is 2.77. The molecule has 0 radical (unpaired) electrons. The van der Waals surface area contributed by atoms with E-state index in [0.29, 0.717) is 18.7 Å². The highest BCUT2D eigenvalue weighted by Gasteiger charge is 2.20. The van der Waals surface area contributed by atoms with Crippen molar-refractivity contribution in [3.8, 4) is 0 Å². The fourth-order valence-corrected chi connectivity index (χ4v) is 2.80. The third kappa shape index (κ3) is 5.75. The summed E-state index contributed by atoms with van der Waals surface area (Å²) >= 11 is 0. The molecule has 0 aliphatic carbocycles. The lowest BCUT2D eigenvalue weighted by atomic mass is 10.1. The summed E-state index contributed by atoms with van der Waals surface area (Å²) in [7, 11) is -1.88. The second-order valence-electron chi connectivity index (χ2n) is 5.24. The Labute approximate surface area is 132 Å². The number of benzene rings is 1. The molecule has 1 aromatic rings. The third-order valence-corrected chi connectivity index (χ3v) is 4.67. The first-order valence-corrected chi connectivity index (χ1v) is 8.90. The van der Waals surface area contributed by atoms with Crippen LogP contribution >= 0.6 is 0 Å². The maximum atomic E-state index is 12.1. The number of rotatable bonds is 8. The molecular formula is C15H24N2O4S. The van der Waals surface area contributed by atoms with E-state index >= 15 is 0 Å². The number of anilines is 1. The van der Waals surface area contributed by atoms with Crippen molar-refractivity contribution in [2.24, 2.45) is 0 Å². The number of carbonyl (C=O) groups is 1. The monoisotopic (exact) mass is 328 g/mol. The number of ether oxygens (including phenoxy) is 1. The van der Waals surface area contributed by atoms with Crippen molar-refractivity contribution in [1.29, 1.82) is 0 Å². The van der Waals surface area contributed by atoms with Crippen molar-refractivity contribution in [3.05, 3.63) is 29.3 Å². The van der Waals surface area contributed by atoms with Gasteiger partial charge in [-0.15, -0.1) is 0 Å². The van der Waals surface area contributed by atoms with Gasteiger partial charge in [-0.05, 0) is 37.5 Å². The normalized spacial score (nSPS) is 11.7. The molecule has 6 nitrogen and oxygen atoms in total. The zero-order chi connectivity index (χ0) is 16.8. The van der Waals surface area contributed by atoms with Crippen LogP contribution in [-0.2, 0) is 19.6 Å². The molecule has 1 aromatic carbocycles. The van der Waals surface area contributed by atoms with Crippen molar-refractivity contribution >= 4 is 21.6 Å². The standard InChI is InChI=1S/C15H24N2O4S/c1-12-7-5-8-14(13(12)2)16-15(18)11-17(22(4,19)20)9-6-10-21-3/h5,7-8H,6,9-11H2,1-4H3,(H,16,18). The van der Waals surface area contributed by atoms with Gasteiger partial charge in [-0.1, -0.05) is 12.1 Å². The smallest absolute Gasteiger partial charge is 0.239 e. The number of aryl methyl sites for hydroxylation is 1. The number of hydrogen-bond donors (Lipinski definition) is 1. The molecule has 0 fully saturated rings. The van der Waals surface area contributed by atoms with Crippen LogP contribution < -0.4 is 5.32 Å². The molecule has 1 rings (SSSR count). The number of hydrogen-bond acceptors (Lipinski definition) is 4. The molecule has 0 unspecified atom stereocenters. The molecule has 0 atom stereocenters. The van der Waals surface area contributed by atoms with Crippen LogP contribution in [0.25, 0.3) is 0 Å². The van der Waals surface area contributed by atoms with Crippen LogP contribution in [0.2, 0.25) is 0 Å². The van der Waals surface area contributed by atoms with E-state index in [-0.39, 0.29) is 19.0 Å². The van der Waals surface area contributed by atoms with Crippen molar-refractivity contribution in [2.75, 3.05) is 38.4 Å². The topological polar surface area (TPSA) is 75.7 Å². The van der Waals surface area contributed by atoms with Crippen LogP contribution in [0.5, 0.6) is 0 Å². The molecule has 124 valence electrons. The van der Waals surface area contributed by atoms with Gasteiger partial charge in [-0.25, -0.2) is 8.42 Å². The Balaban J connectivity index is 2.73. The number of carbonyl (C=O) groups excluding carboxylic acids is 1. The molecule has 0 saturated heterocycles. The van der Waals surface area contributed by atoms with Crippen LogP contribution in [0.1, 0.15) is 17.5 Å². The average molecular weight is 328 g/mol. The summed E-state index contributed by atoms with van der Waals surface area (Å²) in [6.45, 7) is 4.38. The lowest BCUT2D eigenvalue weighted by Crippen LogP contribution is -2.38. The maximum Gasteiger partial charge on any atom is 0.239 e. The fraction of sp³-hybridized carbons (Fsp3) is 0.533. The fourth-order valence-electron chi connectivity index (χ4n) is 1.98. The van der Waals surface area contributed by atoms with Gasteiger partial charge in [0.05, 0.1) is 12.8 Å². The summed E-state index contributed by atoms with van der Waals surface area (Å²) in [5.74, 6) is -0.350. The first-order valence-electron chi connectivity index (χ1n) is 7.06. The van der Waals surface area contributed by atoms with Gasteiger partial charge < -0.3 is 10.1 Å². The van der Waals surface area contributed by atoms with E-state index in [0.717, 1.165) is 21.7 Å². The molecule has 22 heavy (non-hydrogen) atoms. The first kappa shape index (κ1) is 18.6. The summed E-state index contributed by atoms with van der Waals surface area (Å²) in [4.78, 5) is 12.1. The van der Waals surface area contributed by atoms with Crippen LogP contribution in [-0.4, -0.2) is 51.7 Å². The minimum absolute atomic E-state index is 0.198. The molecule has 0 bridgehead atoms. The van der Waals surface area contributed by atoms with Crippen LogP contribution in [0.15, 0.2) is 18.2 Å². The number of nitrogens with one attached hydrogen (secondary N) is 1.